The standard InChI is InChI=1S/C23H47IN2O/c1-3-5-7-9-10-14-18-22(17-13-8-6-4-2)21-26-23(27)25-20-16-12-11-15-19-24/h22H,3-21H2,1-2H3,(H2,25,26,27). The number of urea groups is 1. The molecule has 0 aromatic rings. The maximum Gasteiger partial charge on any atom is 0.314 e. The number of hydrogen-bond acceptors (Lipinski definition) is 1. The Kier molecular flexibility index (Phi) is 22.3. The highest BCUT2D eigenvalue weighted by Crippen LogP contribution is 2.18. The van der Waals surface area contributed by atoms with Crippen molar-refractivity contribution in [2.75, 3.05) is 17.5 Å². The van der Waals surface area contributed by atoms with Crippen LogP contribution in [0.4, 0.5) is 4.79 Å². The number of alkyl halides is 1. The molecule has 0 heterocycles. The molecular weight excluding hydrogens is 447 g/mol. The van der Waals surface area contributed by atoms with Gasteiger partial charge >= 0.3 is 6.03 Å². The molecule has 0 aromatic carbocycles. The summed E-state index contributed by atoms with van der Waals surface area (Å²) in [6.45, 7) is 6.20. The molecule has 0 fully saturated rings. The molecule has 2 amide bonds. The molecule has 4 heteroatoms. The molecule has 0 aromatic heterocycles. The highest BCUT2D eigenvalue weighted by molar-refractivity contribution is 14.1. The molecule has 1 atom stereocenters. The van der Waals surface area contributed by atoms with Gasteiger partial charge in [0, 0.05) is 13.1 Å². The molecule has 0 spiro atoms. The first-order chi connectivity index (χ1) is 13.2. The zero-order valence-corrected chi connectivity index (χ0v) is 20.5. The van der Waals surface area contributed by atoms with Crippen LogP contribution < -0.4 is 10.6 Å². The van der Waals surface area contributed by atoms with E-state index in [1.807, 2.05) is 0 Å². The lowest BCUT2D eigenvalue weighted by Crippen LogP contribution is -2.38. The third-order valence-electron chi connectivity index (χ3n) is 5.33. The Hall–Kier alpha value is 0. The zero-order valence-electron chi connectivity index (χ0n) is 18.3. The second-order valence-corrected chi connectivity index (χ2v) is 9.09. The summed E-state index contributed by atoms with van der Waals surface area (Å²) in [7, 11) is 0. The van der Waals surface area contributed by atoms with Gasteiger partial charge in [-0.3, -0.25) is 0 Å². The summed E-state index contributed by atoms with van der Waals surface area (Å²) in [5, 5.41) is 6.17. The quantitative estimate of drug-likeness (QED) is 0.102. The number of carbonyl (C=O) groups excluding carboxylic acids is 1. The largest absolute Gasteiger partial charge is 0.338 e. The first-order valence-corrected chi connectivity index (χ1v) is 13.3. The van der Waals surface area contributed by atoms with E-state index in [0.29, 0.717) is 5.92 Å². The second kappa shape index (κ2) is 22.3. The van der Waals surface area contributed by atoms with Crippen LogP contribution in [0.25, 0.3) is 0 Å². The van der Waals surface area contributed by atoms with Crippen molar-refractivity contribution in [2.24, 2.45) is 5.92 Å². The van der Waals surface area contributed by atoms with E-state index in [9.17, 15) is 4.79 Å². The Bertz CT molecular complexity index is 313. The minimum absolute atomic E-state index is 0.0328. The second-order valence-electron chi connectivity index (χ2n) is 8.01. The monoisotopic (exact) mass is 494 g/mol. The number of unbranched alkanes of at least 4 members (excludes halogenated alkanes) is 11. The van der Waals surface area contributed by atoms with Crippen molar-refractivity contribution in [2.45, 2.75) is 117 Å². The number of amides is 2. The molecule has 0 saturated carbocycles. The Labute approximate surface area is 183 Å². The predicted octanol–water partition coefficient (Wildman–Crippen LogP) is 7.62. The van der Waals surface area contributed by atoms with Gasteiger partial charge < -0.3 is 10.6 Å². The summed E-state index contributed by atoms with van der Waals surface area (Å²) in [5.74, 6) is 0.655. The van der Waals surface area contributed by atoms with Crippen LogP contribution in [-0.4, -0.2) is 23.5 Å². The van der Waals surface area contributed by atoms with E-state index in [4.69, 9.17) is 0 Å². The minimum atomic E-state index is 0.0328. The lowest BCUT2D eigenvalue weighted by Gasteiger charge is -2.18. The highest BCUT2D eigenvalue weighted by Gasteiger charge is 2.10. The molecule has 0 aliphatic heterocycles. The lowest BCUT2D eigenvalue weighted by molar-refractivity contribution is 0.237. The van der Waals surface area contributed by atoms with E-state index in [2.05, 4.69) is 47.1 Å². The van der Waals surface area contributed by atoms with Gasteiger partial charge in [0.1, 0.15) is 0 Å². The third-order valence-corrected chi connectivity index (χ3v) is 6.09. The zero-order chi connectivity index (χ0) is 20.0. The van der Waals surface area contributed by atoms with Gasteiger partial charge in [-0.2, -0.15) is 0 Å². The number of carbonyl (C=O) groups is 1. The van der Waals surface area contributed by atoms with Crippen molar-refractivity contribution >= 4 is 28.6 Å². The predicted molar refractivity (Wildman–Crippen MR) is 129 cm³/mol. The molecule has 0 aliphatic rings. The van der Waals surface area contributed by atoms with Crippen LogP contribution in [0.5, 0.6) is 0 Å². The molecule has 162 valence electrons. The average Bonchev–Trinajstić information content (AvgIpc) is 2.67. The summed E-state index contributed by atoms with van der Waals surface area (Å²) in [4.78, 5) is 12.0. The minimum Gasteiger partial charge on any atom is -0.338 e. The van der Waals surface area contributed by atoms with Crippen molar-refractivity contribution < 1.29 is 4.79 Å². The van der Waals surface area contributed by atoms with Crippen LogP contribution in [-0.2, 0) is 0 Å². The number of hydrogen-bond donors (Lipinski definition) is 2. The first-order valence-electron chi connectivity index (χ1n) is 11.8. The normalized spacial score (nSPS) is 12.1. The number of halogens is 1. The molecule has 1 unspecified atom stereocenters. The fourth-order valence-electron chi connectivity index (χ4n) is 3.50. The van der Waals surface area contributed by atoms with Crippen molar-refractivity contribution in [3.05, 3.63) is 0 Å². The maximum absolute atomic E-state index is 12.0. The van der Waals surface area contributed by atoms with E-state index >= 15 is 0 Å². The Morgan fingerprint density at radius 1 is 0.704 bits per heavy atom. The smallest absolute Gasteiger partial charge is 0.314 e. The maximum atomic E-state index is 12.0. The highest BCUT2D eigenvalue weighted by atomic mass is 127. The summed E-state index contributed by atoms with van der Waals surface area (Å²) in [5.41, 5.74) is 0. The van der Waals surface area contributed by atoms with E-state index < -0.39 is 0 Å². The van der Waals surface area contributed by atoms with Gasteiger partial charge in [-0.25, -0.2) is 4.79 Å². The first kappa shape index (κ1) is 27.0. The summed E-state index contributed by atoms with van der Waals surface area (Å²) >= 11 is 2.43. The average molecular weight is 495 g/mol. The summed E-state index contributed by atoms with van der Waals surface area (Å²) in [6, 6.07) is 0.0328. The van der Waals surface area contributed by atoms with Crippen molar-refractivity contribution in [1.82, 2.24) is 10.6 Å². The summed E-state index contributed by atoms with van der Waals surface area (Å²) < 4.78 is 1.24. The van der Waals surface area contributed by atoms with Crippen LogP contribution in [0.2, 0.25) is 0 Å². The molecule has 0 rings (SSSR count). The molecule has 0 aliphatic carbocycles. The van der Waals surface area contributed by atoms with E-state index in [-0.39, 0.29) is 6.03 Å². The van der Waals surface area contributed by atoms with Gasteiger partial charge in [-0.15, -0.1) is 0 Å². The van der Waals surface area contributed by atoms with Crippen LogP contribution in [0.3, 0.4) is 0 Å². The van der Waals surface area contributed by atoms with Crippen LogP contribution in [0, 0.1) is 5.92 Å². The molecule has 3 nitrogen and oxygen atoms in total. The molecule has 27 heavy (non-hydrogen) atoms. The van der Waals surface area contributed by atoms with E-state index in [1.54, 1.807) is 0 Å². The fraction of sp³-hybridized carbons (Fsp3) is 0.957. The topological polar surface area (TPSA) is 41.1 Å². The number of rotatable bonds is 20. The van der Waals surface area contributed by atoms with Crippen molar-refractivity contribution in [1.29, 1.82) is 0 Å². The SMILES string of the molecule is CCCCCCCCC(CCCCCC)CNC(=O)NCCCCCCI. The van der Waals surface area contributed by atoms with Crippen molar-refractivity contribution in [3.63, 3.8) is 0 Å². The van der Waals surface area contributed by atoms with Crippen LogP contribution in [0.15, 0.2) is 0 Å². The Morgan fingerprint density at radius 2 is 1.22 bits per heavy atom. The molecule has 0 radical (unpaired) electrons. The van der Waals surface area contributed by atoms with Gasteiger partial charge in [0.2, 0.25) is 0 Å². The van der Waals surface area contributed by atoms with Gasteiger partial charge in [0.05, 0.1) is 0 Å². The third kappa shape index (κ3) is 20.5. The van der Waals surface area contributed by atoms with Gasteiger partial charge in [-0.1, -0.05) is 113 Å². The van der Waals surface area contributed by atoms with E-state index in [1.165, 1.54) is 101 Å². The van der Waals surface area contributed by atoms with Crippen LogP contribution in [0.1, 0.15) is 117 Å². The molecule has 0 bridgehead atoms. The molecule has 0 saturated heterocycles. The van der Waals surface area contributed by atoms with Gasteiger partial charge in [-0.05, 0) is 36.0 Å². The van der Waals surface area contributed by atoms with Gasteiger partial charge in [0.25, 0.3) is 0 Å². The van der Waals surface area contributed by atoms with E-state index in [0.717, 1.165) is 19.5 Å². The van der Waals surface area contributed by atoms with Crippen molar-refractivity contribution in [3.8, 4) is 0 Å². The van der Waals surface area contributed by atoms with Gasteiger partial charge in [0.15, 0.2) is 0 Å². The van der Waals surface area contributed by atoms with Crippen LogP contribution >= 0.6 is 22.6 Å². The Morgan fingerprint density at radius 3 is 1.85 bits per heavy atom. The molecular formula is C23H47IN2O. The lowest BCUT2D eigenvalue weighted by atomic mass is 9.94. The molecule has 2 N–H and O–H groups in total. The summed E-state index contributed by atoms with van der Waals surface area (Å²) in [6.07, 6.45) is 20.9. The Balaban J connectivity index is 3.89. The number of nitrogens with one attached hydrogen (secondary N) is 2. The fourth-order valence-corrected chi connectivity index (χ4v) is 4.04.